The Bertz CT molecular complexity index is 527. The molecule has 0 radical (unpaired) electrons. The lowest BCUT2D eigenvalue weighted by Gasteiger charge is -2.20. The van der Waals surface area contributed by atoms with Crippen molar-refractivity contribution in [2.24, 2.45) is 0 Å². The molecule has 0 nitrogen and oxygen atoms in total. The van der Waals surface area contributed by atoms with Crippen LogP contribution in [0.5, 0.6) is 0 Å². The highest BCUT2D eigenvalue weighted by molar-refractivity contribution is 5.64. The monoisotopic (exact) mass is 222 g/mol. The van der Waals surface area contributed by atoms with Crippen molar-refractivity contribution in [2.45, 2.75) is 32.6 Å². The van der Waals surface area contributed by atoms with Crippen molar-refractivity contribution in [2.75, 3.05) is 0 Å². The van der Waals surface area contributed by atoms with E-state index in [4.69, 9.17) is 0 Å². The predicted octanol–water partition coefficient (Wildman–Crippen LogP) is 4.68. The molecule has 0 saturated heterocycles. The van der Waals surface area contributed by atoms with Crippen LogP contribution >= 0.6 is 0 Å². The molecule has 0 amide bonds. The Morgan fingerprint density at radius 2 is 1.65 bits per heavy atom. The van der Waals surface area contributed by atoms with Crippen LogP contribution in [0.25, 0.3) is 6.08 Å². The first-order chi connectivity index (χ1) is 8.33. The Balaban J connectivity index is 1.94. The maximum atomic E-state index is 2.39. The van der Waals surface area contributed by atoms with Crippen molar-refractivity contribution in [1.29, 1.82) is 0 Å². The van der Waals surface area contributed by atoms with Gasteiger partial charge in [0.1, 0.15) is 0 Å². The van der Waals surface area contributed by atoms with Gasteiger partial charge in [0, 0.05) is 0 Å². The van der Waals surface area contributed by atoms with E-state index in [9.17, 15) is 0 Å². The molecule has 86 valence electrons. The van der Waals surface area contributed by atoms with Gasteiger partial charge in [0.05, 0.1) is 0 Å². The number of allylic oxidation sites excluding steroid dienone is 5. The van der Waals surface area contributed by atoms with Gasteiger partial charge in [-0.1, -0.05) is 48.1 Å². The summed E-state index contributed by atoms with van der Waals surface area (Å²) in [6.45, 7) is 2.22. The Kier molecular flexibility index (Phi) is 2.72. The first-order valence-corrected chi connectivity index (χ1v) is 6.48. The van der Waals surface area contributed by atoms with E-state index in [0.29, 0.717) is 0 Å². The van der Waals surface area contributed by atoms with Crippen LogP contribution in [-0.4, -0.2) is 0 Å². The minimum absolute atomic E-state index is 1.20. The van der Waals surface area contributed by atoms with E-state index in [1.165, 1.54) is 42.4 Å². The van der Waals surface area contributed by atoms with Crippen molar-refractivity contribution in [3.8, 4) is 0 Å². The van der Waals surface area contributed by atoms with Gasteiger partial charge >= 0.3 is 0 Å². The molecular formula is C17H18. The van der Waals surface area contributed by atoms with Gasteiger partial charge in [0.2, 0.25) is 0 Å². The topological polar surface area (TPSA) is 0 Å². The number of hydrogen-bond donors (Lipinski definition) is 0. The smallest absolute Gasteiger partial charge is 0.0222 e. The van der Waals surface area contributed by atoms with Gasteiger partial charge in [0.15, 0.2) is 0 Å². The van der Waals surface area contributed by atoms with E-state index in [-0.39, 0.29) is 0 Å². The molecule has 2 aliphatic rings. The van der Waals surface area contributed by atoms with E-state index < -0.39 is 0 Å². The van der Waals surface area contributed by atoms with E-state index >= 15 is 0 Å². The van der Waals surface area contributed by atoms with Crippen LogP contribution < -0.4 is 0 Å². The standard InChI is InChI=1S/C17H18/c1-13-6-8-15(9-7-13)17-11-10-14-4-2-3-5-16(14)12-17/h2-6,8,12H,7,9-11H2,1H3. The van der Waals surface area contributed by atoms with Gasteiger partial charge < -0.3 is 0 Å². The van der Waals surface area contributed by atoms with E-state index in [2.05, 4.69) is 49.4 Å². The maximum Gasteiger partial charge on any atom is -0.0222 e. The Labute approximate surface area is 103 Å². The van der Waals surface area contributed by atoms with Gasteiger partial charge in [-0.25, -0.2) is 0 Å². The second-order valence-corrected chi connectivity index (χ2v) is 5.07. The molecule has 1 aromatic rings. The minimum Gasteiger partial charge on any atom is -0.0730 e. The molecule has 0 spiro atoms. The quantitative estimate of drug-likeness (QED) is 0.647. The van der Waals surface area contributed by atoms with Crippen molar-refractivity contribution >= 4 is 6.08 Å². The molecule has 3 rings (SSSR count). The van der Waals surface area contributed by atoms with Crippen LogP contribution in [0.4, 0.5) is 0 Å². The van der Waals surface area contributed by atoms with Crippen LogP contribution in [-0.2, 0) is 6.42 Å². The summed E-state index contributed by atoms with van der Waals surface area (Å²) in [4.78, 5) is 0. The molecule has 0 unspecified atom stereocenters. The second-order valence-electron chi connectivity index (χ2n) is 5.07. The summed E-state index contributed by atoms with van der Waals surface area (Å²) in [6, 6.07) is 8.77. The normalized spacial score (nSPS) is 19.0. The fourth-order valence-corrected chi connectivity index (χ4v) is 2.69. The van der Waals surface area contributed by atoms with Crippen LogP contribution in [0.15, 0.2) is 53.1 Å². The van der Waals surface area contributed by atoms with Crippen LogP contribution in [0.2, 0.25) is 0 Å². The zero-order valence-corrected chi connectivity index (χ0v) is 10.4. The van der Waals surface area contributed by atoms with Gasteiger partial charge in [-0.15, -0.1) is 0 Å². The molecular weight excluding hydrogens is 204 g/mol. The van der Waals surface area contributed by atoms with Crippen LogP contribution in [0, 0.1) is 0 Å². The number of benzene rings is 1. The van der Waals surface area contributed by atoms with Crippen molar-refractivity contribution in [3.63, 3.8) is 0 Å². The van der Waals surface area contributed by atoms with Crippen molar-refractivity contribution < 1.29 is 0 Å². The van der Waals surface area contributed by atoms with E-state index in [1.807, 2.05) is 0 Å². The molecule has 0 heteroatoms. The third-order valence-electron chi connectivity index (χ3n) is 3.82. The van der Waals surface area contributed by atoms with Gasteiger partial charge in [0.25, 0.3) is 0 Å². The van der Waals surface area contributed by atoms with Crippen molar-refractivity contribution in [1.82, 2.24) is 0 Å². The molecule has 17 heavy (non-hydrogen) atoms. The lowest BCUT2D eigenvalue weighted by Crippen LogP contribution is -2.03. The average Bonchev–Trinajstić information content (AvgIpc) is 2.39. The molecule has 0 saturated carbocycles. The fraction of sp³-hybridized carbons (Fsp3) is 0.294. The summed E-state index contributed by atoms with van der Waals surface area (Å²) in [5, 5.41) is 0. The molecule has 0 aliphatic heterocycles. The molecule has 0 aromatic heterocycles. The number of aryl methyl sites for hydroxylation is 1. The summed E-state index contributed by atoms with van der Waals surface area (Å²) in [5.74, 6) is 0. The first kappa shape index (κ1) is 10.6. The molecule has 2 aliphatic carbocycles. The lowest BCUT2D eigenvalue weighted by molar-refractivity contribution is 0.861. The molecule has 0 heterocycles. The van der Waals surface area contributed by atoms with E-state index in [1.54, 1.807) is 11.1 Å². The van der Waals surface area contributed by atoms with E-state index in [0.717, 1.165) is 0 Å². The van der Waals surface area contributed by atoms with Crippen molar-refractivity contribution in [3.05, 3.63) is 64.3 Å². The number of fused-ring (bicyclic) bond motifs is 1. The zero-order chi connectivity index (χ0) is 11.7. The predicted molar refractivity (Wildman–Crippen MR) is 73.8 cm³/mol. The highest BCUT2D eigenvalue weighted by atomic mass is 14.2. The second kappa shape index (κ2) is 4.37. The SMILES string of the molecule is CC1=CC=C(C2=Cc3ccccc3CC2)CC1. The largest absolute Gasteiger partial charge is 0.0730 e. The van der Waals surface area contributed by atoms with Crippen LogP contribution in [0.1, 0.15) is 37.3 Å². The third-order valence-corrected chi connectivity index (χ3v) is 3.82. The van der Waals surface area contributed by atoms with Crippen LogP contribution in [0.3, 0.4) is 0 Å². The number of hydrogen-bond acceptors (Lipinski definition) is 0. The molecule has 0 N–H and O–H groups in total. The van der Waals surface area contributed by atoms with Gasteiger partial charge in [-0.2, -0.15) is 0 Å². The summed E-state index contributed by atoms with van der Waals surface area (Å²) in [5.41, 5.74) is 7.52. The lowest BCUT2D eigenvalue weighted by atomic mass is 9.85. The number of rotatable bonds is 1. The summed E-state index contributed by atoms with van der Waals surface area (Å²) >= 11 is 0. The summed E-state index contributed by atoms with van der Waals surface area (Å²) in [7, 11) is 0. The Hall–Kier alpha value is -1.56. The summed E-state index contributed by atoms with van der Waals surface area (Å²) in [6.07, 6.45) is 11.8. The molecule has 0 atom stereocenters. The fourth-order valence-electron chi connectivity index (χ4n) is 2.69. The third kappa shape index (κ3) is 2.12. The average molecular weight is 222 g/mol. The highest BCUT2D eigenvalue weighted by Gasteiger charge is 2.14. The van der Waals surface area contributed by atoms with Gasteiger partial charge in [-0.3, -0.25) is 0 Å². The highest BCUT2D eigenvalue weighted by Crippen LogP contribution is 2.32. The van der Waals surface area contributed by atoms with Gasteiger partial charge in [-0.05, 0) is 54.9 Å². The maximum absolute atomic E-state index is 2.39. The molecule has 1 aromatic carbocycles. The molecule has 0 fully saturated rings. The Morgan fingerprint density at radius 3 is 2.47 bits per heavy atom. The Morgan fingerprint density at radius 1 is 0.824 bits per heavy atom. The minimum atomic E-state index is 1.20. The first-order valence-electron chi connectivity index (χ1n) is 6.48. The molecule has 0 bridgehead atoms. The zero-order valence-electron chi connectivity index (χ0n) is 10.4. The summed E-state index contributed by atoms with van der Waals surface area (Å²) < 4.78 is 0.